The maximum absolute atomic E-state index is 14.1. The third-order valence-electron chi connectivity index (χ3n) is 7.05. The van der Waals surface area contributed by atoms with Gasteiger partial charge in [0.2, 0.25) is 11.8 Å². The van der Waals surface area contributed by atoms with Gasteiger partial charge in [0, 0.05) is 22.6 Å². The summed E-state index contributed by atoms with van der Waals surface area (Å²) in [5.74, 6) is -0.899. The standard InChI is InChI=1S/C31H37Cl2N3O4S/c1-6-22(4)34-31(38)23(5)35(19-25-14-15-26(32)18-28(25)33)30(37)20-36(29-11-9-8-10-24(29)7-2)41(39,40)27-16-12-21(3)13-17-27/h8-18,22-23H,6-7,19-20H2,1-5H3,(H,34,38)/t22-,23+/m0/s1. The number of carbonyl (C=O) groups excluding carboxylic acids is 2. The first-order valence-electron chi connectivity index (χ1n) is 13.6. The number of amides is 2. The Hall–Kier alpha value is -3.07. The van der Waals surface area contributed by atoms with Gasteiger partial charge in [0.1, 0.15) is 12.6 Å². The molecule has 0 aliphatic heterocycles. The Morgan fingerprint density at radius 3 is 2.20 bits per heavy atom. The van der Waals surface area contributed by atoms with Crippen LogP contribution >= 0.6 is 23.2 Å². The van der Waals surface area contributed by atoms with E-state index >= 15 is 0 Å². The second-order valence-electron chi connectivity index (χ2n) is 10.1. The molecule has 3 rings (SSSR count). The molecule has 3 aromatic carbocycles. The molecule has 0 spiro atoms. The Labute approximate surface area is 253 Å². The van der Waals surface area contributed by atoms with Gasteiger partial charge in [0.15, 0.2) is 0 Å². The van der Waals surface area contributed by atoms with Gasteiger partial charge in [-0.05, 0) is 75.1 Å². The average Bonchev–Trinajstić information content (AvgIpc) is 2.95. The molecule has 10 heteroatoms. The highest BCUT2D eigenvalue weighted by atomic mass is 35.5. The smallest absolute Gasteiger partial charge is 0.264 e. The minimum atomic E-state index is -4.15. The van der Waals surface area contributed by atoms with Gasteiger partial charge in [-0.3, -0.25) is 13.9 Å². The normalized spacial score (nSPS) is 12.9. The van der Waals surface area contributed by atoms with E-state index < -0.39 is 28.5 Å². The van der Waals surface area contributed by atoms with Crippen molar-refractivity contribution in [2.75, 3.05) is 10.8 Å². The summed E-state index contributed by atoms with van der Waals surface area (Å²) in [6, 6.07) is 17.5. The number of sulfonamides is 1. The summed E-state index contributed by atoms with van der Waals surface area (Å²) in [6.45, 7) is 8.72. The summed E-state index contributed by atoms with van der Waals surface area (Å²) in [4.78, 5) is 28.7. The molecule has 220 valence electrons. The Kier molecular flexibility index (Phi) is 11.2. The number of hydrogen-bond acceptors (Lipinski definition) is 4. The van der Waals surface area contributed by atoms with Crippen LogP contribution in [0.15, 0.2) is 71.6 Å². The first-order valence-corrected chi connectivity index (χ1v) is 15.8. The molecule has 2 atom stereocenters. The van der Waals surface area contributed by atoms with Crippen LogP contribution in [0, 0.1) is 6.92 Å². The van der Waals surface area contributed by atoms with Crippen molar-refractivity contribution in [3.63, 3.8) is 0 Å². The summed E-state index contributed by atoms with van der Waals surface area (Å²) in [6.07, 6.45) is 1.27. The minimum absolute atomic E-state index is 0.0161. The zero-order chi connectivity index (χ0) is 30.3. The third-order valence-corrected chi connectivity index (χ3v) is 9.41. The lowest BCUT2D eigenvalue weighted by molar-refractivity contribution is -0.139. The molecule has 0 radical (unpaired) electrons. The minimum Gasteiger partial charge on any atom is -0.352 e. The predicted octanol–water partition coefficient (Wildman–Crippen LogP) is 6.39. The van der Waals surface area contributed by atoms with Gasteiger partial charge in [0.05, 0.1) is 10.6 Å². The molecular weight excluding hydrogens is 581 g/mol. The number of halogens is 2. The third kappa shape index (κ3) is 8.03. The van der Waals surface area contributed by atoms with Gasteiger partial charge in [-0.2, -0.15) is 0 Å². The first kappa shape index (κ1) is 32.4. The van der Waals surface area contributed by atoms with Crippen LogP contribution in [0.4, 0.5) is 5.69 Å². The number of para-hydroxylation sites is 1. The molecule has 0 aromatic heterocycles. The monoisotopic (exact) mass is 617 g/mol. The van der Waals surface area contributed by atoms with Crippen molar-refractivity contribution >= 4 is 50.7 Å². The maximum Gasteiger partial charge on any atom is 0.264 e. The Bertz CT molecular complexity index is 1480. The SMILES string of the molecule is CCc1ccccc1N(CC(=O)N(Cc1ccc(Cl)cc1Cl)[C@H](C)C(=O)N[C@@H](C)CC)S(=O)(=O)c1ccc(C)cc1. The molecule has 7 nitrogen and oxygen atoms in total. The maximum atomic E-state index is 14.1. The number of rotatable bonds is 12. The topological polar surface area (TPSA) is 86.8 Å². The van der Waals surface area contributed by atoms with Gasteiger partial charge in [-0.1, -0.05) is 79.0 Å². The molecule has 2 amide bonds. The van der Waals surface area contributed by atoms with Gasteiger partial charge in [-0.15, -0.1) is 0 Å². The van der Waals surface area contributed by atoms with Crippen molar-refractivity contribution in [1.29, 1.82) is 0 Å². The van der Waals surface area contributed by atoms with E-state index in [-0.39, 0.29) is 23.4 Å². The van der Waals surface area contributed by atoms with Crippen molar-refractivity contribution < 1.29 is 18.0 Å². The van der Waals surface area contributed by atoms with Crippen molar-refractivity contribution in [1.82, 2.24) is 10.2 Å². The summed E-state index contributed by atoms with van der Waals surface area (Å²) in [5.41, 5.74) is 2.66. The molecule has 3 aromatic rings. The van der Waals surface area contributed by atoms with Crippen LogP contribution in [0.2, 0.25) is 10.0 Å². The number of carbonyl (C=O) groups is 2. The second-order valence-corrected chi connectivity index (χ2v) is 12.8. The lowest BCUT2D eigenvalue weighted by atomic mass is 10.1. The van der Waals surface area contributed by atoms with E-state index in [1.54, 1.807) is 49.4 Å². The van der Waals surface area contributed by atoms with E-state index in [9.17, 15) is 18.0 Å². The molecule has 0 heterocycles. The fourth-order valence-corrected chi connectivity index (χ4v) is 6.21. The number of anilines is 1. The zero-order valence-corrected chi connectivity index (χ0v) is 26.4. The molecule has 0 saturated carbocycles. The Morgan fingerprint density at radius 1 is 0.927 bits per heavy atom. The lowest BCUT2D eigenvalue weighted by Crippen LogP contribution is -2.52. The van der Waals surface area contributed by atoms with E-state index in [2.05, 4.69) is 5.32 Å². The lowest BCUT2D eigenvalue weighted by Gasteiger charge is -2.33. The van der Waals surface area contributed by atoms with Crippen molar-refractivity contribution in [2.45, 2.75) is 71.0 Å². The molecule has 0 aliphatic carbocycles. The fourth-order valence-electron chi connectivity index (χ4n) is 4.29. The van der Waals surface area contributed by atoms with Crippen molar-refractivity contribution in [2.24, 2.45) is 0 Å². The van der Waals surface area contributed by atoms with Crippen LogP contribution < -0.4 is 9.62 Å². The molecule has 1 N–H and O–H groups in total. The van der Waals surface area contributed by atoms with Crippen LogP contribution in [-0.4, -0.2) is 43.8 Å². The molecule has 0 fully saturated rings. The van der Waals surface area contributed by atoms with E-state index in [0.717, 1.165) is 15.4 Å². The van der Waals surface area contributed by atoms with Gasteiger partial charge in [0.25, 0.3) is 10.0 Å². The summed E-state index contributed by atoms with van der Waals surface area (Å²) >= 11 is 12.5. The quantitative estimate of drug-likeness (QED) is 0.255. The summed E-state index contributed by atoms with van der Waals surface area (Å²) in [7, 11) is -4.15. The van der Waals surface area contributed by atoms with Gasteiger partial charge < -0.3 is 10.2 Å². The van der Waals surface area contributed by atoms with Gasteiger partial charge >= 0.3 is 0 Å². The van der Waals surface area contributed by atoms with Gasteiger partial charge in [-0.25, -0.2) is 8.42 Å². The van der Waals surface area contributed by atoms with Crippen molar-refractivity contribution in [3.8, 4) is 0 Å². The van der Waals surface area contributed by atoms with Crippen molar-refractivity contribution in [3.05, 3.63) is 93.5 Å². The molecule has 0 saturated heterocycles. The molecule has 0 unspecified atom stereocenters. The highest BCUT2D eigenvalue weighted by Gasteiger charge is 2.33. The number of aryl methyl sites for hydroxylation is 2. The first-order chi connectivity index (χ1) is 19.4. The van der Waals surface area contributed by atoms with Crippen LogP contribution in [0.25, 0.3) is 0 Å². The number of nitrogens with one attached hydrogen (secondary N) is 1. The number of benzene rings is 3. The fraction of sp³-hybridized carbons (Fsp3) is 0.355. The largest absolute Gasteiger partial charge is 0.352 e. The molecule has 0 aliphatic rings. The average molecular weight is 619 g/mol. The zero-order valence-electron chi connectivity index (χ0n) is 24.0. The van der Waals surface area contributed by atoms with E-state index in [1.165, 1.54) is 17.0 Å². The van der Waals surface area contributed by atoms with Crippen LogP contribution in [-0.2, 0) is 32.6 Å². The predicted molar refractivity (Wildman–Crippen MR) is 166 cm³/mol. The summed E-state index contributed by atoms with van der Waals surface area (Å²) < 4.78 is 29.2. The van der Waals surface area contributed by atoms with Crippen LogP contribution in [0.1, 0.15) is 50.8 Å². The van der Waals surface area contributed by atoms with Crippen LogP contribution in [0.5, 0.6) is 0 Å². The highest BCUT2D eigenvalue weighted by Crippen LogP contribution is 2.29. The number of hydrogen-bond donors (Lipinski definition) is 1. The van der Waals surface area contributed by atoms with E-state index in [0.29, 0.717) is 34.1 Å². The second kappa shape index (κ2) is 14.2. The summed E-state index contributed by atoms with van der Waals surface area (Å²) in [5, 5.41) is 3.69. The number of nitrogens with zero attached hydrogens (tertiary/aromatic N) is 2. The van der Waals surface area contributed by atoms with E-state index in [4.69, 9.17) is 23.2 Å². The van der Waals surface area contributed by atoms with Crippen LogP contribution in [0.3, 0.4) is 0 Å². The molecule has 41 heavy (non-hydrogen) atoms. The Balaban J connectivity index is 2.08. The molecule has 0 bridgehead atoms. The molecular formula is C31H37Cl2N3O4S. The highest BCUT2D eigenvalue weighted by molar-refractivity contribution is 7.92. The van der Waals surface area contributed by atoms with E-state index in [1.807, 2.05) is 39.8 Å². The Morgan fingerprint density at radius 2 is 1.59 bits per heavy atom.